The van der Waals surface area contributed by atoms with Gasteiger partial charge in [0.25, 0.3) is 0 Å². The maximum atomic E-state index is 12.6. The van der Waals surface area contributed by atoms with E-state index in [2.05, 4.69) is 32.9 Å². The number of piperidine rings is 1. The summed E-state index contributed by atoms with van der Waals surface area (Å²) in [4.78, 5) is 41.2. The number of hydrogen-bond donors (Lipinski definition) is 0. The van der Waals surface area contributed by atoms with Gasteiger partial charge in [0, 0.05) is 25.0 Å². The van der Waals surface area contributed by atoms with Gasteiger partial charge in [0.1, 0.15) is 0 Å². The predicted molar refractivity (Wildman–Crippen MR) is 119 cm³/mol. The second kappa shape index (κ2) is 10.8. The van der Waals surface area contributed by atoms with Crippen LogP contribution in [-0.4, -0.2) is 66.6 Å². The Morgan fingerprint density at radius 1 is 1.20 bits per heavy atom. The molecule has 30 heavy (non-hydrogen) atoms. The molecule has 1 atom stereocenters. The van der Waals surface area contributed by atoms with E-state index in [0.717, 1.165) is 17.7 Å². The van der Waals surface area contributed by atoms with Crippen molar-refractivity contribution in [3.63, 3.8) is 0 Å². The van der Waals surface area contributed by atoms with Crippen LogP contribution in [0.15, 0.2) is 29.2 Å². The molecule has 1 aromatic carbocycles. The van der Waals surface area contributed by atoms with Crippen LogP contribution in [0.4, 0.5) is 0 Å². The van der Waals surface area contributed by atoms with E-state index >= 15 is 0 Å². The fourth-order valence-electron chi connectivity index (χ4n) is 3.35. The van der Waals surface area contributed by atoms with Gasteiger partial charge < -0.3 is 14.5 Å². The third-order valence-electron chi connectivity index (χ3n) is 5.27. The number of thioether (sulfide) groups is 1. The number of rotatable bonds is 7. The molecule has 0 aromatic heterocycles. The number of ether oxygens (including phenoxy) is 1. The van der Waals surface area contributed by atoms with Crippen LogP contribution in [-0.2, 0) is 24.5 Å². The molecule has 166 valence electrons. The molecule has 6 nitrogen and oxygen atoms in total. The first-order chi connectivity index (χ1) is 14.1. The van der Waals surface area contributed by atoms with Crippen molar-refractivity contribution in [2.75, 3.05) is 39.0 Å². The SMILES string of the molecule is CCOC(=O)C1CCCN(C(=O)CN(C)C(=O)CSc2ccc(C(C)(C)C)cc2)C1. The summed E-state index contributed by atoms with van der Waals surface area (Å²) in [5.41, 5.74) is 1.35. The minimum Gasteiger partial charge on any atom is -0.466 e. The molecule has 7 heteroatoms. The van der Waals surface area contributed by atoms with Gasteiger partial charge in [-0.1, -0.05) is 32.9 Å². The number of hydrogen-bond acceptors (Lipinski definition) is 5. The first-order valence-electron chi connectivity index (χ1n) is 10.5. The van der Waals surface area contributed by atoms with Gasteiger partial charge in [0.15, 0.2) is 0 Å². The third kappa shape index (κ3) is 7.04. The Hall–Kier alpha value is -2.02. The van der Waals surface area contributed by atoms with Crippen molar-refractivity contribution in [1.82, 2.24) is 9.80 Å². The minimum absolute atomic E-state index is 0.0257. The van der Waals surface area contributed by atoms with Crippen LogP contribution in [0.2, 0.25) is 0 Å². The summed E-state index contributed by atoms with van der Waals surface area (Å²) in [6, 6.07) is 8.26. The van der Waals surface area contributed by atoms with Crippen molar-refractivity contribution in [1.29, 1.82) is 0 Å². The summed E-state index contributed by atoms with van der Waals surface area (Å²) in [7, 11) is 1.65. The molecule has 0 aliphatic carbocycles. The molecular formula is C23H34N2O4S. The highest BCUT2D eigenvalue weighted by molar-refractivity contribution is 8.00. The van der Waals surface area contributed by atoms with Crippen LogP contribution in [0.25, 0.3) is 0 Å². The summed E-state index contributed by atoms with van der Waals surface area (Å²) < 4.78 is 5.08. The van der Waals surface area contributed by atoms with E-state index in [4.69, 9.17) is 4.74 Å². The van der Waals surface area contributed by atoms with Crippen molar-refractivity contribution < 1.29 is 19.1 Å². The number of benzene rings is 1. The molecule has 2 amide bonds. The van der Waals surface area contributed by atoms with Gasteiger partial charge in [-0.05, 0) is 42.9 Å². The molecule has 1 saturated heterocycles. The fraction of sp³-hybridized carbons (Fsp3) is 0.609. The standard InChI is InChI=1S/C23H34N2O4S/c1-6-29-22(28)17-8-7-13-25(14-17)20(26)15-24(5)21(27)16-30-19-11-9-18(10-12-19)23(2,3)4/h9-12,17H,6-8,13-16H2,1-5H3. The van der Waals surface area contributed by atoms with Crippen molar-refractivity contribution >= 4 is 29.5 Å². The fourth-order valence-corrected chi connectivity index (χ4v) is 4.19. The zero-order chi connectivity index (χ0) is 22.3. The van der Waals surface area contributed by atoms with Gasteiger partial charge in [-0.15, -0.1) is 11.8 Å². The number of nitrogens with zero attached hydrogens (tertiary/aromatic N) is 2. The van der Waals surface area contributed by atoms with Crippen molar-refractivity contribution in [2.45, 2.75) is 50.8 Å². The third-order valence-corrected chi connectivity index (χ3v) is 6.27. The maximum absolute atomic E-state index is 12.6. The summed E-state index contributed by atoms with van der Waals surface area (Å²) in [5, 5.41) is 0. The van der Waals surface area contributed by atoms with Crippen molar-refractivity contribution in [2.24, 2.45) is 5.92 Å². The Morgan fingerprint density at radius 3 is 2.47 bits per heavy atom. The van der Waals surface area contributed by atoms with E-state index < -0.39 is 0 Å². The second-order valence-corrected chi connectivity index (χ2v) is 9.79. The molecule has 1 unspecified atom stereocenters. The molecule has 0 spiro atoms. The summed E-state index contributed by atoms with van der Waals surface area (Å²) in [5.74, 6) is -0.445. The van der Waals surface area contributed by atoms with Crippen LogP contribution in [0.5, 0.6) is 0 Å². The molecule has 0 radical (unpaired) electrons. The lowest BCUT2D eigenvalue weighted by Gasteiger charge is -2.32. The molecule has 1 aliphatic rings. The Kier molecular flexibility index (Phi) is 8.77. The van der Waals surface area contributed by atoms with Gasteiger partial charge in [0.2, 0.25) is 11.8 Å². The van der Waals surface area contributed by atoms with Gasteiger partial charge in [-0.2, -0.15) is 0 Å². The zero-order valence-electron chi connectivity index (χ0n) is 18.8. The molecule has 0 bridgehead atoms. The molecule has 1 heterocycles. The van der Waals surface area contributed by atoms with Crippen LogP contribution >= 0.6 is 11.8 Å². The smallest absolute Gasteiger partial charge is 0.310 e. The van der Waals surface area contributed by atoms with Crippen LogP contribution in [0, 0.1) is 5.92 Å². The average molecular weight is 435 g/mol. The first kappa shape index (κ1) is 24.3. The highest BCUT2D eigenvalue weighted by Gasteiger charge is 2.30. The van der Waals surface area contributed by atoms with E-state index in [9.17, 15) is 14.4 Å². The molecular weight excluding hydrogens is 400 g/mol. The van der Waals surface area contributed by atoms with E-state index in [1.165, 1.54) is 22.2 Å². The number of likely N-dealkylation sites (N-methyl/N-ethyl adjacent to an activating group) is 1. The highest BCUT2D eigenvalue weighted by Crippen LogP contribution is 2.26. The Labute approximate surface area is 184 Å². The lowest BCUT2D eigenvalue weighted by Crippen LogP contribution is -2.47. The monoisotopic (exact) mass is 434 g/mol. The van der Waals surface area contributed by atoms with E-state index in [1.54, 1.807) is 18.9 Å². The number of carbonyl (C=O) groups is 3. The molecule has 1 fully saturated rings. The molecule has 0 saturated carbocycles. The summed E-state index contributed by atoms with van der Waals surface area (Å²) in [6.45, 7) is 9.64. The summed E-state index contributed by atoms with van der Waals surface area (Å²) >= 11 is 1.47. The number of amides is 2. The molecule has 1 aromatic rings. The lowest BCUT2D eigenvalue weighted by molar-refractivity contribution is -0.152. The Balaban J connectivity index is 1.82. The normalized spacial score (nSPS) is 16.8. The zero-order valence-corrected chi connectivity index (χ0v) is 19.6. The van der Waals surface area contributed by atoms with E-state index in [1.807, 2.05) is 12.1 Å². The first-order valence-corrected chi connectivity index (χ1v) is 11.5. The largest absolute Gasteiger partial charge is 0.466 e. The van der Waals surface area contributed by atoms with Gasteiger partial charge in [-0.25, -0.2) is 0 Å². The lowest BCUT2D eigenvalue weighted by atomic mass is 9.87. The van der Waals surface area contributed by atoms with Gasteiger partial charge in [-0.3, -0.25) is 14.4 Å². The minimum atomic E-state index is -0.268. The van der Waals surface area contributed by atoms with E-state index in [-0.39, 0.29) is 41.4 Å². The molecule has 0 N–H and O–H groups in total. The highest BCUT2D eigenvalue weighted by atomic mass is 32.2. The second-order valence-electron chi connectivity index (χ2n) is 8.74. The molecule has 2 rings (SSSR count). The summed E-state index contributed by atoms with van der Waals surface area (Å²) in [6.07, 6.45) is 1.51. The van der Waals surface area contributed by atoms with Crippen LogP contribution in [0.1, 0.15) is 46.1 Å². The van der Waals surface area contributed by atoms with Crippen molar-refractivity contribution in [3.05, 3.63) is 29.8 Å². The quantitative estimate of drug-likeness (QED) is 0.486. The molecule has 1 aliphatic heterocycles. The van der Waals surface area contributed by atoms with Crippen LogP contribution in [0.3, 0.4) is 0 Å². The predicted octanol–water partition coefficient (Wildman–Crippen LogP) is 3.34. The van der Waals surface area contributed by atoms with Gasteiger partial charge in [0.05, 0.1) is 24.8 Å². The van der Waals surface area contributed by atoms with Crippen molar-refractivity contribution in [3.8, 4) is 0 Å². The van der Waals surface area contributed by atoms with Crippen LogP contribution < -0.4 is 0 Å². The number of esters is 1. The average Bonchev–Trinajstić information content (AvgIpc) is 2.71. The van der Waals surface area contributed by atoms with Gasteiger partial charge >= 0.3 is 5.97 Å². The maximum Gasteiger partial charge on any atom is 0.310 e. The Morgan fingerprint density at radius 2 is 1.87 bits per heavy atom. The van der Waals surface area contributed by atoms with E-state index in [0.29, 0.717) is 19.7 Å². The topological polar surface area (TPSA) is 66.9 Å². The Bertz CT molecular complexity index is 743. The number of likely N-dealkylation sites (tertiary alicyclic amines) is 1. The number of carbonyl (C=O) groups excluding carboxylic acids is 3.